The average Bonchev–Trinajstić information content (AvgIpc) is 2.24. The summed E-state index contributed by atoms with van der Waals surface area (Å²) in [6.07, 6.45) is 1.68. The zero-order valence-corrected chi connectivity index (χ0v) is 10.6. The summed E-state index contributed by atoms with van der Waals surface area (Å²) < 4.78 is 0. The van der Waals surface area contributed by atoms with Crippen LogP contribution in [0.5, 0.6) is 0 Å². The molecule has 4 N–H and O–H groups in total. The number of hydrogen-bond donors (Lipinski definition) is 4. The molecule has 1 atom stereocenters. The zero-order valence-electron chi connectivity index (χ0n) is 10.6. The fraction of sp³-hybridized carbons (Fsp3) is 1.00. The van der Waals surface area contributed by atoms with Crippen LogP contribution in [0.3, 0.4) is 0 Å². The van der Waals surface area contributed by atoms with Crippen LogP contribution in [-0.2, 0) is 0 Å². The predicted octanol–water partition coefficient (Wildman–Crippen LogP) is 0.404. The molecule has 0 heterocycles. The van der Waals surface area contributed by atoms with E-state index in [9.17, 15) is 5.21 Å². The quantitative estimate of drug-likeness (QED) is 0.343. The third-order valence-electron chi connectivity index (χ3n) is 2.90. The SMILES string of the molecule is CCCC(NCCO)(C(C)C)N(O)CCO. The normalized spacial score (nSPS) is 15.8. The first kappa shape index (κ1) is 15.8. The minimum atomic E-state index is -0.569. The van der Waals surface area contributed by atoms with Gasteiger partial charge in [-0.3, -0.25) is 5.32 Å². The number of rotatable bonds is 9. The Morgan fingerprint density at radius 2 is 1.88 bits per heavy atom. The highest BCUT2D eigenvalue weighted by molar-refractivity contribution is 4.87. The van der Waals surface area contributed by atoms with E-state index in [0.717, 1.165) is 17.9 Å². The van der Waals surface area contributed by atoms with Crippen molar-refractivity contribution in [3.63, 3.8) is 0 Å². The first-order valence-electron chi connectivity index (χ1n) is 5.98. The van der Waals surface area contributed by atoms with Crippen molar-refractivity contribution in [3.05, 3.63) is 0 Å². The van der Waals surface area contributed by atoms with Gasteiger partial charge in [0.25, 0.3) is 0 Å². The van der Waals surface area contributed by atoms with Gasteiger partial charge in [0.1, 0.15) is 0 Å². The van der Waals surface area contributed by atoms with E-state index in [1.807, 2.05) is 20.8 Å². The van der Waals surface area contributed by atoms with Gasteiger partial charge in [-0.1, -0.05) is 27.2 Å². The van der Waals surface area contributed by atoms with Crippen LogP contribution in [0.1, 0.15) is 33.6 Å². The number of hydroxylamine groups is 2. The molecule has 0 aliphatic carbocycles. The average molecular weight is 234 g/mol. The highest BCUT2D eigenvalue weighted by Crippen LogP contribution is 2.25. The summed E-state index contributed by atoms with van der Waals surface area (Å²) >= 11 is 0. The molecule has 0 rings (SSSR count). The Kier molecular flexibility index (Phi) is 7.87. The molecule has 0 aliphatic rings. The molecule has 1 unspecified atom stereocenters. The first-order chi connectivity index (χ1) is 7.55. The standard InChI is InChI=1S/C11H26N2O3/c1-4-5-11(10(2)3,12-6-8-14)13(16)7-9-15/h10,12,14-16H,4-9H2,1-3H3. The van der Waals surface area contributed by atoms with Crippen molar-refractivity contribution in [2.75, 3.05) is 26.3 Å². The molecule has 0 saturated heterocycles. The Morgan fingerprint density at radius 1 is 1.25 bits per heavy atom. The Labute approximate surface area is 98.0 Å². The Balaban J connectivity index is 4.76. The molecule has 0 aromatic carbocycles. The molecule has 0 bridgehead atoms. The maximum absolute atomic E-state index is 10.0. The van der Waals surface area contributed by atoms with Gasteiger partial charge in [0.2, 0.25) is 0 Å². The van der Waals surface area contributed by atoms with Crippen LogP contribution in [0.4, 0.5) is 0 Å². The lowest BCUT2D eigenvalue weighted by atomic mass is 9.90. The van der Waals surface area contributed by atoms with Crippen LogP contribution in [0.25, 0.3) is 0 Å². The highest BCUT2D eigenvalue weighted by atomic mass is 16.5. The third-order valence-corrected chi connectivity index (χ3v) is 2.90. The Bertz CT molecular complexity index is 179. The van der Waals surface area contributed by atoms with Gasteiger partial charge in [-0.15, -0.1) is 0 Å². The third kappa shape index (κ3) is 3.99. The summed E-state index contributed by atoms with van der Waals surface area (Å²) in [5, 5.41) is 32.1. The molecular weight excluding hydrogens is 208 g/mol. The maximum atomic E-state index is 10.0. The summed E-state index contributed by atoms with van der Waals surface area (Å²) in [7, 11) is 0. The monoisotopic (exact) mass is 234 g/mol. The smallest absolute Gasteiger partial charge is 0.0975 e. The summed E-state index contributed by atoms with van der Waals surface area (Å²) in [6, 6.07) is 0. The molecule has 0 radical (unpaired) electrons. The van der Waals surface area contributed by atoms with Crippen molar-refractivity contribution >= 4 is 0 Å². The van der Waals surface area contributed by atoms with Crippen molar-refractivity contribution in [2.24, 2.45) is 5.92 Å². The molecule has 0 aromatic heterocycles. The van der Waals surface area contributed by atoms with Gasteiger partial charge >= 0.3 is 0 Å². The van der Waals surface area contributed by atoms with E-state index in [-0.39, 0.29) is 25.7 Å². The molecular formula is C11H26N2O3. The second kappa shape index (κ2) is 7.97. The zero-order chi connectivity index (χ0) is 12.6. The number of nitrogens with one attached hydrogen (secondary N) is 1. The van der Waals surface area contributed by atoms with Gasteiger partial charge in [0, 0.05) is 13.1 Å². The highest BCUT2D eigenvalue weighted by Gasteiger charge is 2.37. The summed E-state index contributed by atoms with van der Waals surface area (Å²) in [5.74, 6) is 0.176. The molecule has 16 heavy (non-hydrogen) atoms. The van der Waals surface area contributed by atoms with E-state index in [1.54, 1.807) is 0 Å². The Hall–Kier alpha value is -0.200. The lowest BCUT2D eigenvalue weighted by molar-refractivity contribution is -0.210. The van der Waals surface area contributed by atoms with Gasteiger partial charge in [0.05, 0.1) is 18.9 Å². The number of aliphatic hydroxyl groups excluding tert-OH is 2. The van der Waals surface area contributed by atoms with Crippen LogP contribution >= 0.6 is 0 Å². The first-order valence-corrected chi connectivity index (χ1v) is 5.98. The predicted molar refractivity (Wildman–Crippen MR) is 63.1 cm³/mol. The fourth-order valence-electron chi connectivity index (χ4n) is 2.05. The molecule has 0 spiro atoms. The maximum Gasteiger partial charge on any atom is 0.0975 e. The molecule has 0 amide bonds. The van der Waals surface area contributed by atoms with E-state index < -0.39 is 5.66 Å². The second-order valence-electron chi connectivity index (χ2n) is 4.33. The molecule has 5 heteroatoms. The number of hydrogen-bond acceptors (Lipinski definition) is 5. The lowest BCUT2D eigenvalue weighted by Crippen LogP contribution is -2.62. The van der Waals surface area contributed by atoms with Crippen molar-refractivity contribution in [1.29, 1.82) is 0 Å². The van der Waals surface area contributed by atoms with Crippen molar-refractivity contribution < 1.29 is 15.4 Å². The van der Waals surface area contributed by atoms with Crippen LogP contribution in [0, 0.1) is 5.92 Å². The van der Waals surface area contributed by atoms with Gasteiger partial charge in [0.15, 0.2) is 0 Å². The minimum Gasteiger partial charge on any atom is -0.395 e. The van der Waals surface area contributed by atoms with Crippen LogP contribution < -0.4 is 5.32 Å². The second-order valence-corrected chi connectivity index (χ2v) is 4.33. The van der Waals surface area contributed by atoms with Gasteiger partial charge in [-0.25, -0.2) is 0 Å². The van der Waals surface area contributed by atoms with Gasteiger partial charge in [-0.05, 0) is 12.3 Å². The molecule has 5 nitrogen and oxygen atoms in total. The van der Waals surface area contributed by atoms with Crippen molar-refractivity contribution in [3.8, 4) is 0 Å². The number of aliphatic hydroxyl groups is 2. The molecule has 0 aromatic rings. The van der Waals surface area contributed by atoms with Crippen molar-refractivity contribution in [2.45, 2.75) is 39.3 Å². The van der Waals surface area contributed by atoms with E-state index >= 15 is 0 Å². The van der Waals surface area contributed by atoms with Crippen LogP contribution in [0.15, 0.2) is 0 Å². The minimum absolute atomic E-state index is 0.0329. The molecule has 98 valence electrons. The Morgan fingerprint density at radius 3 is 2.25 bits per heavy atom. The van der Waals surface area contributed by atoms with Crippen LogP contribution in [-0.4, -0.2) is 52.4 Å². The largest absolute Gasteiger partial charge is 0.395 e. The summed E-state index contributed by atoms with van der Waals surface area (Å²) in [6.45, 7) is 6.66. The molecule has 0 saturated carbocycles. The summed E-state index contributed by atoms with van der Waals surface area (Å²) in [5.41, 5.74) is -0.569. The van der Waals surface area contributed by atoms with Gasteiger partial charge in [-0.2, -0.15) is 5.06 Å². The van der Waals surface area contributed by atoms with E-state index in [2.05, 4.69) is 5.32 Å². The lowest BCUT2D eigenvalue weighted by Gasteiger charge is -2.44. The topological polar surface area (TPSA) is 76.0 Å². The van der Waals surface area contributed by atoms with E-state index in [4.69, 9.17) is 10.2 Å². The molecule has 0 aliphatic heterocycles. The number of nitrogens with zero attached hydrogens (tertiary/aromatic N) is 1. The van der Waals surface area contributed by atoms with Crippen molar-refractivity contribution in [1.82, 2.24) is 10.4 Å². The summed E-state index contributed by atoms with van der Waals surface area (Å²) in [4.78, 5) is 0. The van der Waals surface area contributed by atoms with Gasteiger partial charge < -0.3 is 15.4 Å². The van der Waals surface area contributed by atoms with E-state index in [1.165, 1.54) is 0 Å². The van der Waals surface area contributed by atoms with Crippen LogP contribution in [0.2, 0.25) is 0 Å². The molecule has 0 fully saturated rings. The van der Waals surface area contributed by atoms with E-state index in [0.29, 0.717) is 6.54 Å². The fourth-order valence-corrected chi connectivity index (χ4v) is 2.05.